The van der Waals surface area contributed by atoms with E-state index in [1.165, 1.54) is 24.9 Å². The van der Waals surface area contributed by atoms with Gasteiger partial charge in [0.1, 0.15) is 24.4 Å². The number of imidazole rings is 1. The molecule has 16 heteroatoms. The fourth-order valence-electron chi connectivity index (χ4n) is 3.85. The van der Waals surface area contributed by atoms with Crippen LogP contribution < -0.4 is 15.6 Å². The number of aliphatic hydroxyl groups excluding tert-OH is 1. The second kappa shape index (κ2) is 13.1. The molecule has 0 aromatic carbocycles. The van der Waals surface area contributed by atoms with Crippen LogP contribution in [0.4, 0.5) is 5.95 Å². The number of methoxy groups -OCH3 is 1. The molecule has 3 heterocycles. The molecular weight excluding hydrogens is 527 g/mol. The molecular formula is C21H34N6O8PS+. The van der Waals surface area contributed by atoms with E-state index in [2.05, 4.69) is 32.7 Å². The van der Waals surface area contributed by atoms with Gasteiger partial charge in [-0.1, -0.05) is 18.4 Å². The molecule has 1 aliphatic rings. The average Bonchev–Trinajstić information content (AvgIpc) is 3.37. The summed E-state index contributed by atoms with van der Waals surface area (Å²) in [7, 11) is -1.12. The van der Waals surface area contributed by atoms with Gasteiger partial charge in [0.2, 0.25) is 11.8 Å². The molecule has 1 unspecified atom stereocenters. The van der Waals surface area contributed by atoms with E-state index in [-0.39, 0.29) is 36.2 Å². The number of nitrogens with zero attached hydrogens (tertiary/aromatic N) is 4. The maximum Gasteiger partial charge on any atom is 0.613 e. The Balaban J connectivity index is 1.67. The van der Waals surface area contributed by atoms with Crippen LogP contribution in [0.1, 0.15) is 45.8 Å². The first-order chi connectivity index (χ1) is 17.6. The molecule has 2 aromatic heterocycles. The van der Waals surface area contributed by atoms with Gasteiger partial charge in [-0.25, -0.2) is 4.98 Å². The Morgan fingerprint density at radius 2 is 2.19 bits per heavy atom. The number of aromatic nitrogens is 4. The van der Waals surface area contributed by atoms with Crippen molar-refractivity contribution in [3.05, 3.63) is 6.33 Å². The number of esters is 1. The van der Waals surface area contributed by atoms with Crippen LogP contribution in [0.25, 0.3) is 11.2 Å². The van der Waals surface area contributed by atoms with Crippen LogP contribution in [0.15, 0.2) is 6.33 Å². The first kappa shape index (κ1) is 29.4. The van der Waals surface area contributed by atoms with Crippen molar-refractivity contribution < 1.29 is 38.3 Å². The number of ether oxygens (including phenoxy) is 3. The van der Waals surface area contributed by atoms with Crippen molar-refractivity contribution in [3.63, 3.8) is 0 Å². The van der Waals surface area contributed by atoms with Crippen molar-refractivity contribution >= 4 is 43.9 Å². The maximum atomic E-state index is 12.6. The van der Waals surface area contributed by atoms with Crippen LogP contribution in [0, 0.1) is 0 Å². The standard InChI is InChI=1S/C21H33N6O8PS/c1-4-5-8-33-18(29)12(7-6-9-37)26-36(31)34-10-13-15(28)21(2,30)19(35-13)27-11-23-14-16(27)24-20(22)25-17(14)32-3/h11-13,15,19,28,30H,4-10H2,1-3H3,(H3-,22,24,25,26,31,37)/p+1/t12-,13-,15-,19-,21-/m1/s1. The lowest BCUT2D eigenvalue weighted by atomic mass is 9.96. The lowest BCUT2D eigenvalue weighted by molar-refractivity contribution is -0.146. The third kappa shape index (κ3) is 6.85. The van der Waals surface area contributed by atoms with Crippen LogP contribution in [0.5, 0.6) is 5.88 Å². The van der Waals surface area contributed by atoms with E-state index >= 15 is 0 Å². The van der Waals surface area contributed by atoms with Crippen LogP contribution in [-0.4, -0.2) is 85.6 Å². The third-order valence-corrected chi connectivity index (χ3v) is 7.12. The Labute approximate surface area is 220 Å². The number of aliphatic hydroxyl groups is 2. The summed E-state index contributed by atoms with van der Waals surface area (Å²) in [6.07, 6.45) is 0.293. The van der Waals surface area contributed by atoms with Gasteiger partial charge in [0.25, 0.3) is 0 Å². The molecule has 0 aliphatic carbocycles. The molecule has 14 nitrogen and oxygen atoms in total. The van der Waals surface area contributed by atoms with Gasteiger partial charge < -0.3 is 30.2 Å². The minimum Gasteiger partial charge on any atom is -0.479 e. The number of fused-ring (bicyclic) bond motifs is 1. The Morgan fingerprint density at radius 1 is 1.43 bits per heavy atom. The van der Waals surface area contributed by atoms with Gasteiger partial charge in [-0.3, -0.25) is 9.36 Å². The quantitative estimate of drug-likeness (QED) is 0.0954. The predicted molar refractivity (Wildman–Crippen MR) is 136 cm³/mol. The lowest BCUT2D eigenvalue weighted by Gasteiger charge is -2.27. The largest absolute Gasteiger partial charge is 0.613 e. The number of carbonyl (C=O) groups excluding carboxylic acids is 1. The van der Waals surface area contributed by atoms with Crippen molar-refractivity contribution in [2.45, 2.75) is 69.6 Å². The molecule has 5 N–H and O–H groups in total. The fourth-order valence-corrected chi connectivity index (χ4v) is 4.88. The van der Waals surface area contributed by atoms with E-state index in [1.54, 1.807) is 0 Å². The summed E-state index contributed by atoms with van der Waals surface area (Å²) in [6.45, 7) is 3.29. The van der Waals surface area contributed by atoms with Gasteiger partial charge in [-0.15, -0.1) is 4.52 Å². The van der Waals surface area contributed by atoms with E-state index < -0.39 is 44.2 Å². The Morgan fingerprint density at radius 3 is 2.86 bits per heavy atom. The predicted octanol–water partition coefficient (Wildman–Crippen LogP) is 1.11. The molecule has 3 rings (SSSR count). The highest BCUT2D eigenvalue weighted by Gasteiger charge is 2.54. The zero-order chi connectivity index (χ0) is 27.2. The average molecular weight is 562 g/mol. The fraction of sp³-hybridized carbons (Fsp3) is 0.714. The van der Waals surface area contributed by atoms with Crippen molar-refractivity contribution in [2.75, 3.05) is 31.8 Å². The molecule has 1 aliphatic heterocycles. The first-order valence-corrected chi connectivity index (χ1v) is 13.7. The van der Waals surface area contributed by atoms with E-state index in [0.29, 0.717) is 18.6 Å². The minimum atomic E-state index is -2.52. The number of rotatable bonds is 14. The second-order valence-corrected chi connectivity index (χ2v) is 10.2. The van der Waals surface area contributed by atoms with Crippen molar-refractivity contribution in [2.24, 2.45) is 0 Å². The number of carbonyl (C=O) groups is 1. The highest BCUT2D eigenvalue weighted by atomic mass is 32.1. The van der Waals surface area contributed by atoms with Crippen molar-refractivity contribution in [1.29, 1.82) is 0 Å². The molecule has 2 aromatic rings. The van der Waals surface area contributed by atoms with Gasteiger partial charge in [-0.2, -0.15) is 22.6 Å². The SMILES string of the molecule is CCCCOC(=O)[C@@H](CCCS)N[P+](=O)OC[C@H]1O[C@@H](n2cnc3c(OC)nc(N)nc32)[C@](C)(O)[C@@H]1O. The van der Waals surface area contributed by atoms with Crippen molar-refractivity contribution in [3.8, 4) is 5.88 Å². The van der Waals surface area contributed by atoms with E-state index in [1.807, 2.05) is 6.92 Å². The zero-order valence-corrected chi connectivity index (χ0v) is 22.7. The summed E-state index contributed by atoms with van der Waals surface area (Å²) < 4.78 is 35.7. The molecule has 0 bridgehead atoms. The Kier molecular flexibility index (Phi) is 10.4. The molecule has 0 spiro atoms. The minimum absolute atomic E-state index is 0.0760. The normalized spacial score (nSPS) is 24.8. The Bertz CT molecular complexity index is 1090. The molecule has 6 atom stereocenters. The Hall–Kier alpha value is -2.13. The van der Waals surface area contributed by atoms with E-state index in [0.717, 1.165) is 12.8 Å². The zero-order valence-electron chi connectivity index (χ0n) is 20.9. The third-order valence-electron chi connectivity index (χ3n) is 5.90. The summed E-state index contributed by atoms with van der Waals surface area (Å²) >= 11 is 4.16. The summed E-state index contributed by atoms with van der Waals surface area (Å²) in [5, 5.41) is 24.5. The molecule has 0 amide bonds. The highest BCUT2D eigenvalue weighted by molar-refractivity contribution is 7.80. The van der Waals surface area contributed by atoms with Crippen molar-refractivity contribution in [1.82, 2.24) is 24.6 Å². The molecule has 0 radical (unpaired) electrons. The second-order valence-electron chi connectivity index (χ2n) is 8.73. The molecule has 37 heavy (non-hydrogen) atoms. The van der Waals surface area contributed by atoms with Crippen LogP contribution >= 0.6 is 20.8 Å². The van der Waals surface area contributed by atoms with Gasteiger partial charge in [0, 0.05) is 0 Å². The summed E-state index contributed by atoms with van der Waals surface area (Å²) in [5.41, 5.74) is 4.48. The molecule has 1 saturated heterocycles. The highest BCUT2D eigenvalue weighted by Crippen LogP contribution is 2.41. The number of nitrogens with one attached hydrogen (secondary N) is 1. The molecule has 1 fully saturated rings. The smallest absolute Gasteiger partial charge is 0.479 e. The summed E-state index contributed by atoms with van der Waals surface area (Å²) in [4.78, 5) is 24.7. The van der Waals surface area contributed by atoms with Gasteiger partial charge in [0.15, 0.2) is 23.4 Å². The van der Waals surface area contributed by atoms with Gasteiger partial charge >= 0.3 is 14.1 Å². The van der Waals surface area contributed by atoms with Crippen LogP contribution in [-0.2, 0) is 23.4 Å². The molecule has 206 valence electrons. The number of unbranched alkanes of at least 4 members (excludes halogenated alkanes) is 1. The maximum absolute atomic E-state index is 12.6. The number of thiol groups is 1. The van der Waals surface area contributed by atoms with Gasteiger partial charge in [-0.05, 0) is 36.5 Å². The van der Waals surface area contributed by atoms with Gasteiger partial charge in [0.05, 0.1) is 20.0 Å². The summed E-state index contributed by atoms with van der Waals surface area (Å²) in [5.74, 6) is 0.0872. The monoisotopic (exact) mass is 561 g/mol. The number of nitrogen functional groups attached to an aromatic ring is 1. The number of hydrogen-bond acceptors (Lipinski definition) is 13. The number of nitrogens with two attached hydrogens (primary N) is 1. The first-order valence-electron chi connectivity index (χ1n) is 11.9. The molecule has 0 saturated carbocycles. The van der Waals surface area contributed by atoms with E-state index in [4.69, 9.17) is 24.5 Å². The number of anilines is 1. The lowest BCUT2D eigenvalue weighted by Crippen LogP contribution is -2.44. The van der Waals surface area contributed by atoms with E-state index in [9.17, 15) is 19.6 Å². The number of hydrogen-bond donors (Lipinski definition) is 5. The summed E-state index contributed by atoms with van der Waals surface area (Å²) in [6, 6.07) is -0.838. The van der Waals surface area contributed by atoms with Crippen LogP contribution in [0.2, 0.25) is 0 Å². The topological polar surface area (TPSA) is 193 Å². The van der Waals surface area contributed by atoms with Crippen LogP contribution in [0.3, 0.4) is 0 Å².